The Morgan fingerprint density at radius 1 is 1.17 bits per heavy atom. The van der Waals surface area contributed by atoms with Crippen LogP contribution in [0.25, 0.3) is 23.0 Å². The van der Waals surface area contributed by atoms with E-state index in [2.05, 4.69) is 20.5 Å². The smallest absolute Gasteiger partial charge is 0.262 e. The van der Waals surface area contributed by atoms with Crippen LogP contribution in [0.4, 0.5) is 0 Å². The third-order valence-corrected chi connectivity index (χ3v) is 5.25. The second-order valence-corrected chi connectivity index (χ2v) is 7.15. The highest BCUT2D eigenvalue weighted by atomic mass is 35.5. The number of nitrogens with zero attached hydrogens (tertiary/aromatic N) is 5. The summed E-state index contributed by atoms with van der Waals surface area (Å²) in [6, 6.07) is 15.2. The fraction of sp³-hybridized carbons (Fsp3) is 0.238. The van der Waals surface area contributed by atoms with Crippen LogP contribution < -0.4 is 4.74 Å². The molecule has 1 aliphatic heterocycles. The molecule has 30 heavy (non-hydrogen) atoms. The van der Waals surface area contributed by atoms with E-state index in [9.17, 15) is 0 Å². The summed E-state index contributed by atoms with van der Waals surface area (Å²) >= 11 is 6.31. The van der Waals surface area contributed by atoms with Crippen LogP contribution in [0.3, 0.4) is 0 Å². The predicted octanol–water partition coefficient (Wildman–Crippen LogP) is 4.32. The lowest BCUT2D eigenvalue weighted by Gasteiger charge is -2.24. The fourth-order valence-corrected chi connectivity index (χ4v) is 3.72. The second kappa shape index (κ2) is 7.89. The van der Waals surface area contributed by atoms with Gasteiger partial charge in [-0.05, 0) is 25.1 Å². The molecule has 2 aromatic carbocycles. The molecular weight excluding hydrogens is 406 g/mol. The third-order valence-electron chi connectivity index (χ3n) is 4.90. The zero-order valence-corrected chi connectivity index (χ0v) is 16.9. The van der Waals surface area contributed by atoms with Gasteiger partial charge >= 0.3 is 0 Å². The van der Waals surface area contributed by atoms with E-state index in [-0.39, 0.29) is 6.10 Å². The Morgan fingerprint density at radius 3 is 2.87 bits per heavy atom. The first-order valence-corrected chi connectivity index (χ1v) is 9.97. The molecule has 152 valence electrons. The first-order chi connectivity index (χ1) is 14.7. The van der Waals surface area contributed by atoms with Gasteiger partial charge in [0.2, 0.25) is 5.82 Å². The molecule has 9 heteroatoms. The number of hydrogen-bond acceptors (Lipinski definition) is 7. The molecule has 4 aromatic rings. The monoisotopic (exact) mass is 423 g/mol. The van der Waals surface area contributed by atoms with Crippen molar-refractivity contribution in [1.29, 1.82) is 0 Å². The van der Waals surface area contributed by atoms with E-state index in [1.54, 1.807) is 4.68 Å². The Labute approximate surface area is 177 Å². The van der Waals surface area contributed by atoms with E-state index >= 15 is 0 Å². The summed E-state index contributed by atoms with van der Waals surface area (Å²) in [7, 11) is 0. The van der Waals surface area contributed by atoms with Crippen molar-refractivity contribution < 1.29 is 14.0 Å². The molecule has 2 aromatic heterocycles. The van der Waals surface area contributed by atoms with Gasteiger partial charge in [0.25, 0.3) is 5.89 Å². The molecule has 0 saturated carbocycles. The Hall–Kier alpha value is -3.23. The highest BCUT2D eigenvalue weighted by Crippen LogP contribution is 2.34. The van der Waals surface area contributed by atoms with Crippen molar-refractivity contribution in [3.8, 4) is 28.7 Å². The van der Waals surface area contributed by atoms with E-state index < -0.39 is 0 Å². The molecule has 0 spiro atoms. The minimum absolute atomic E-state index is 0.195. The summed E-state index contributed by atoms with van der Waals surface area (Å²) < 4.78 is 19.0. The van der Waals surface area contributed by atoms with Crippen LogP contribution >= 0.6 is 11.6 Å². The molecule has 8 nitrogen and oxygen atoms in total. The van der Waals surface area contributed by atoms with E-state index in [1.807, 2.05) is 55.5 Å². The summed E-state index contributed by atoms with van der Waals surface area (Å²) in [5, 5.41) is 13.3. The van der Waals surface area contributed by atoms with Crippen LogP contribution in [0, 0.1) is 0 Å². The lowest BCUT2D eigenvalue weighted by atomic mass is 10.1. The molecule has 0 fully saturated rings. The van der Waals surface area contributed by atoms with Crippen molar-refractivity contribution in [1.82, 2.24) is 25.1 Å². The minimum Gasteiger partial charge on any atom is -0.493 e. The van der Waals surface area contributed by atoms with Crippen molar-refractivity contribution in [3.05, 3.63) is 64.8 Å². The highest BCUT2D eigenvalue weighted by Gasteiger charge is 2.28. The van der Waals surface area contributed by atoms with Gasteiger partial charge in [-0.25, -0.2) is 4.68 Å². The number of aromatic nitrogens is 5. The van der Waals surface area contributed by atoms with Crippen molar-refractivity contribution >= 4 is 11.6 Å². The summed E-state index contributed by atoms with van der Waals surface area (Å²) in [6.45, 7) is 3.29. The summed E-state index contributed by atoms with van der Waals surface area (Å²) in [4.78, 5) is 4.52. The SMILES string of the molecule is CCOc1ccccc1-c1nc(-c2nnn3c2CO[C@H](c2ccccc2Cl)C3)no1. The Kier molecular flexibility index (Phi) is 4.94. The molecule has 3 heterocycles. The Bertz CT molecular complexity index is 1190. The maximum Gasteiger partial charge on any atom is 0.262 e. The Balaban J connectivity index is 1.43. The second-order valence-electron chi connectivity index (χ2n) is 6.74. The molecule has 1 atom stereocenters. The molecule has 0 radical (unpaired) electrons. The molecule has 0 aliphatic carbocycles. The number of rotatable bonds is 5. The number of para-hydroxylation sites is 1. The number of halogens is 1. The average Bonchev–Trinajstić information content (AvgIpc) is 3.41. The van der Waals surface area contributed by atoms with Crippen LogP contribution in [-0.4, -0.2) is 31.7 Å². The van der Waals surface area contributed by atoms with Gasteiger partial charge in [-0.3, -0.25) is 0 Å². The summed E-state index contributed by atoms with van der Waals surface area (Å²) in [5.41, 5.74) is 2.99. The van der Waals surface area contributed by atoms with Crippen molar-refractivity contribution in [2.75, 3.05) is 6.61 Å². The lowest BCUT2D eigenvalue weighted by Crippen LogP contribution is -2.22. The van der Waals surface area contributed by atoms with Gasteiger partial charge in [0.1, 0.15) is 11.9 Å². The molecule has 0 unspecified atom stereocenters. The van der Waals surface area contributed by atoms with Gasteiger partial charge in [-0.2, -0.15) is 4.98 Å². The van der Waals surface area contributed by atoms with Gasteiger partial charge in [0.05, 0.1) is 31.0 Å². The van der Waals surface area contributed by atoms with E-state index in [0.717, 1.165) is 16.8 Å². The van der Waals surface area contributed by atoms with Gasteiger partial charge in [0.15, 0.2) is 5.69 Å². The quantitative estimate of drug-likeness (QED) is 0.472. The minimum atomic E-state index is -0.195. The average molecular weight is 424 g/mol. The topological polar surface area (TPSA) is 88.1 Å². The van der Waals surface area contributed by atoms with Crippen LogP contribution in [-0.2, 0) is 17.9 Å². The number of fused-ring (bicyclic) bond motifs is 1. The third kappa shape index (κ3) is 3.34. The molecule has 0 bridgehead atoms. The van der Waals surface area contributed by atoms with E-state index in [1.165, 1.54) is 0 Å². The van der Waals surface area contributed by atoms with Gasteiger partial charge in [-0.1, -0.05) is 52.3 Å². The largest absolute Gasteiger partial charge is 0.493 e. The fourth-order valence-electron chi connectivity index (χ4n) is 3.46. The number of benzene rings is 2. The zero-order chi connectivity index (χ0) is 20.5. The maximum absolute atomic E-state index is 6.31. The van der Waals surface area contributed by atoms with Crippen molar-refractivity contribution in [2.45, 2.75) is 26.2 Å². The first-order valence-electron chi connectivity index (χ1n) is 9.59. The van der Waals surface area contributed by atoms with Crippen molar-refractivity contribution in [3.63, 3.8) is 0 Å². The van der Waals surface area contributed by atoms with E-state index in [0.29, 0.717) is 47.9 Å². The molecule has 1 aliphatic rings. The van der Waals surface area contributed by atoms with Gasteiger partial charge in [0, 0.05) is 10.6 Å². The highest BCUT2D eigenvalue weighted by molar-refractivity contribution is 6.31. The number of ether oxygens (including phenoxy) is 2. The molecule has 0 amide bonds. The normalized spacial score (nSPS) is 15.7. The number of hydrogen-bond donors (Lipinski definition) is 0. The lowest BCUT2D eigenvalue weighted by molar-refractivity contribution is -0.00106. The summed E-state index contributed by atoms with van der Waals surface area (Å²) in [5.74, 6) is 1.41. The summed E-state index contributed by atoms with van der Waals surface area (Å²) in [6.07, 6.45) is -0.195. The van der Waals surface area contributed by atoms with Gasteiger partial charge < -0.3 is 14.0 Å². The molecule has 0 N–H and O–H groups in total. The van der Waals surface area contributed by atoms with Gasteiger partial charge in [-0.15, -0.1) is 5.10 Å². The molecule has 5 rings (SSSR count). The van der Waals surface area contributed by atoms with Crippen LogP contribution in [0.5, 0.6) is 5.75 Å². The molecular formula is C21H18ClN5O3. The zero-order valence-electron chi connectivity index (χ0n) is 16.2. The molecule has 0 saturated heterocycles. The predicted molar refractivity (Wildman–Crippen MR) is 109 cm³/mol. The first kappa shape index (κ1) is 18.8. The Morgan fingerprint density at radius 2 is 2.00 bits per heavy atom. The standard InChI is InChI=1S/C21H18ClN5O3/c1-2-28-17-10-6-4-8-14(17)21-23-20(25-30-21)19-16-12-29-18(11-27(16)26-24-19)13-7-3-5-9-15(13)22/h3-10,18H,2,11-12H2,1H3/t18-/m0/s1. The van der Waals surface area contributed by atoms with Crippen LogP contribution in [0.15, 0.2) is 53.1 Å². The van der Waals surface area contributed by atoms with Crippen LogP contribution in [0.2, 0.25) is 5.02 Å². The van der Waals surface area contributed by atoms with Crippen LogP contribution in [0.1, 0.15) is 24.3 Å². The maximum atomic E-state index is 6.31. The van der Waals surface area contributed by atoms with E-state index in [4.69, 9.17) is 25.6 Å². The van der Waals surface area contributed by atoms with Crippen molar-refractivity contribution in [2.24, 2.45) is 0 Å².